The molecule has 1 aliphatic rings. The normalized spacial score (nSPS) is 22.5. The number of rotatable bonds is 11. The fourth-order valence-electron chi connectivity index (χ4n) is 4.86. The van der Waals surface area contributed by atoms with Gasteiger partial charge in [-0.1, -0.05) is 109 Å². The molecule has 170 valence electrons. The van der Waals surface area contributed by atoms with Crippen molar-refractivity contribution in [2.45, 2.75) is 19.6 Å². The zero-order chi connectivity index (χ0) is 22.7. The zero-order valence-corrected chi connectivity index (χ0v) is 19.3. The third-order valence-corrected chi connectivity index (χ3v) is 6.68. The summed E-state index contributed by atoms with van der Waals surface area (Å²) in [5.41, 5.74) is 3.66. The van der Waals surface area contributed by atoms with E-state index >= 15 is 0 Å². The lowest BCUT2D eigenvalue weighted by atomic mass is 9.87. The molecular formula is C31H34O2. The van der Waals surface area contributed by atoms with Crippen molar-refractivity contribution in [3.63, 3.8) is 0 Å². The molecule has 0 saturated heterocycles. The van der Waals surface area contributed by atoms with Gasteiger partial charge in [-0.05, 0) is 46.8 Å². The Kier molecular flexibility index (Phi) is 8.69. The molecular weight excluding hydrogens is 404 g/mol. The minimum atomic E-state index is 0.396. The molecule has 3 aromatic rings. The molecule has 0 radical (unpaired) electrons. The van der Waals surface area contributed by atoms with Gasteiger partial charge in [0.15, 0.2) is 0 Å². The molecule has 2 nitrogen and oxygen atoms in total. The number of hydrogen-bond acceptors (Lipinski definition) is 2. The molecule has 1 fully saturated rings. The van der Waals surface area contributed by atoms with Crippen LogP contribution in [0.25, 0.3) is 6.08 Å². The molecule has 0 heterocycles. The van der Waals surface area contributed by atoms with E-state index in [2.05, 4.69) is 104 Å². The van der Waals surface area contributed by atoms with E-state index in [9.17, 15) is 0 Å². The van der Waals surface area contributed by atoms with Crippen LogP contribution in [0.15, 0.2) is 110 Å². The average molecular weight is 439 g/mol. The Labute approximate surface area is 198 Å². The Bertz CT molecular complexity index is 981. The molecule has 0 bridgehead atoms. The van der Waals surface area contributed by atoms with Crippen molar-refractivity contribution in [2.75, 3.05) is 13.2 Å². The van der Waals surface area contributed by atoms with Gasteiger partial charge in [-0.25, -0.2) is 0 Å². The van der Waals surface area contributed by atoms with Gasteiger partial charge in [-0.2, -0.15) is 0 Å². The van der Waals surface area contributed by atoms with E-state index in [-0.39, 0.29) is 0 Å². The molecule has 1 aliphatic carbocycles. The number of ether oxygens (including phenoxy) is 2. The van der Waals surface area contributed by atoms with Gasteiger partial charge in [0.25, 0.3) is 0 Å². The van der Waals surface area contributed by atoms with Gasteiger partial charge >= 0.3 is 0 Å². The van der Waals surface area contributed by atoms with Gasteiger partial charge in [0, 0.05) is 0 Å². The molecule has 1 saturated carbocycles. The van der Waals surface area contributed by atoms with E-state index in [4.69, 9.17) is 9.47 Å². The molecule has 4 atom stereocenters. The molecule has 0 amide bonds. The fraction of sp³-hybridized carbons (Fsp3) is 0.290. The predicted molar refractivity (Wildman–Crippen MR) is 136 cm³/mol. The largest absolute Gasteiger partial charge is 0.376 e. The SMILES string of the molecule is C=C[C@@H]1C[C@H](/C=C/c2ccccc2)[C@H](COCc2ccccc2)[C@@H]1COCc1ccccc1. The maximum atomic E-state index is 6.25. The predicted octanol–water partition coefficient (Wildman–Crippen LogP) is 7.19. The van der Waals surface area contributed by atoms with Crippen LogP contribution in [0.3, 0.4) is 0 Å². The van der Waals surface area contributed by atoms with Crippen LogP contribution >= 0.6 is 0 Å². The van der Waals surface area contributed by atoms with Crippen LogP contribution in [0.4, 0.5) is 0 Å². The van der Waals surface area contributed by atoms with Crippen LogP contribution in [0.1, 0.15) is 23.1 Å². The van der Waals surface area contributed by atoms with Crippen molar-refractivity contribution in [3.05, 3.63) is 126 Å². The summed E-state index contributed by atoms with van der Waals surface area (Å²) in [5, 5.41) is 0. The molecule has 33 heavy (non-hydrogen) atoms. The highest BCUT2D eigenvalue weighted by molar-refractivity contribution is 5.49. The fourth-order valence-corrected chi connectivity index (χ4v) is 4.86. The van der Waals surface area contributed by atoms with E-state index in [0.29, 0.717) is 36.9 Å². The van der Waals surface area contributed by atoms with Gasteiger partial charge < -0.3 is 9.47 Å². The van der Waals surface area contributed by atoms with Crippen LogP contribution in [0.2, 0.25) is 0 Å². The number of hydrogen-bond donors (Lipinski definition) is 0. The number of allylic oxidation sites excluding steroid dienone is 2. The monoisotopic (exact) mass is 438 g/mol. The molecule has 0 aliphatic heterocycles. The zero-order valence-electron chi connectivity index (χ0n) is 19.3. The maximum Gasteiger partial charge on any atom is 0.0717 e. The second kappa shape index (κ2) is 12.3. The second-order valence-electron chi connectivity index (χ2n) is 8.90. The Hall–Kier alpha value is -2.94. The third kappa shape index (κ3) is 6.77. The second-order valence-corrected chi connectivity index (χ2v) is 8.90. The first-order chi connectivity index (χ1) is 16.3. The number of benzene rings is 3. The standard InChI is InChI=1S/C31H34O2/c1-2-28-20-29(19-18-25-12-6-3-7-13-25)31(24-33-22-27-16-10-5-11-17-27)30(28)23-32-21-26-14-8-4-9-15-26/h2-19,28-31H,1,20-24H2/b19-18+/t28-,29+,30-,31+/m1/s1. The van der Waals surface area contributed by atoms with Crippen molar-refractivity contribution in [3.8, 4) is 0 Å². The lowest BCUT2D eigenvalue weighted by Gasteiger charge is -2.25. The summed E-state index contributed by atoms with van der Waals surface area (Å²) in [7, 11) is 0. The molecule has 0 N–H and O–H groups in total. The lowest BCUT2D eigenvalue weighted by Crippen LogP contribution is -2.26. The molecule has 4 rings (SSSR count). The van der Waals surface area contributed by atoms with E-state index in [1.54, 1.807) is 0 Å². The van der Waals surface area contributed by atoms with Gasteiger partial charge in [0.05, 0.1) is 26.4 Å². The lowest BCUT2D eigenvalue weighted by molar-refractivity contribution is 0.0204. The van der Waals surface area contributed by atoms with E-state index < -0.39 is 0 Å². The van der Waals surface area contributed by atoms with Gasteiger partial charge in [0.2, 0.25) is 0 Å². The topological polar surface area (TPSA) is 18.5 Å². The first-order valence-electron chi connectivity index (χ1n) is 11.9. The maximum absolute atomic E-state index is 6.25. The van der Waals surface area contributed by atoms with Gasteiger partial charge in [-0.3, -0.25) is 0 Å². The van der Waals surface area contributed by atoms with Crippen LogP contribution in [0, 0.1) is 23.7 Å². The van der Waals surface area contributed by atoms with E-state index in [1.165, 1.54) is 16.7 Å². The Morgan fingerprint density at radius 1 is 0.667 bits per heavy atom. The minimum Gasteiger partial charge on any atom is -0.376 e. The smallest absolute Gasteiger partial charge is 0.0717 e. The third-order valence-electron chi connectivity index (χ3n) is 6.68. The highest BCUT2D eigenvalue weighted by Crippen LogP contribution is 2.44. The molecule has 0 unspecified atom stereocenters. The molecule has 0 aromatic heterocycles. The Morgan fingerprint density at radius 3 is 1.67 bits per heavy atom. The first kappa shape index (κ1) is 23.2. The van der Waals surface area contributed by atoms with Crippen molar-refractivity contribution in [1.29, 1.82) is 0 Å². The Balaban J connectivity index is 1.44. The van der Waals surface area contributed by atoms with Gasteiger partial charge in [-0.15, -0.1) is 6.58 Å². The summed E-state index contributed by atoms with van der Waals surface area (Å²) < 4.78 is 12.5. The molecule has 0 spiro atoms. The van der Waals surface area contributed by atoms with Crippen molar-refractivity contribution in [2.24, 2.45) is 23.7 Å². The summed E-state index contributed by atoms with van der Waals surface area (Å²) >= 11 is 0. The summed E-state index contributed by atoms with van der Waals surface area (Å²) in [6.07, 6.45) is 7.84. The average Bonchev–Trinajstić information content (AvgIpc) is 3.21. The van der Waals surface area contributed by atoms with Crippen molar-refractivity contribution >= 4 is 6.08 Å². The highest BCUT2D eigenvalue weighted by atomic mass is 16.5. The Morgan fingerprint density at radius 2 is 1.15 bits per heavy atom. The summed E-state index contributed by atoms with van der Waals surface area (Å²) in [6, 6.07) is 31.3. The summed E-state index contributed by atoms with van der Waals surface area (Å²) in [6.45, 7) is 6.89. The van der Waals surface area contributed by atoms with E-state index in [1.807, 2.05) is 12.1 Å². The van der Waals surface area contributed by atoms with Crippen LogP contribution in [0.5, 0.6) is 0 Å². The minimum absolute atomic E-state index is 0.396. The first-order valence-corrected chi connectivity index (χ1v) is 11.9. The summed E-state index contributed by atoms with van der Waals surface area (Å²) in [5.74, 6) is 1.66. The summed E-state index contributed by atoms with van der Waals surface area (Å²) in [4.78, 5) is 0. The van der Waals surface area contributed by atoms with E-state index in [0.717, 1.165) is 19.6 Å². The molecule has 3 aromatic carbocycles. The van der Waals surface area contributed by atoms with Gasteiger partial charge in [0.1, 0.15) is 0 Å². The van der Waals surface area contributed by atoms with Crippen molar-refractivity contribution in [1.82, 2.24) is 0 Å². The molecule has 2 heteroatoms. The van der Waals surface area contributed by atoms with Crippen molar-refractivity contribution < 1.29 is 9.47 Å². The quantitative estimate of drug-likeness (QED) is 0.295. The highest BCUT2D eigenvalue weighted by Gasteiger charge is 2.40. The van der Waals surface area contributed by atoms with Crippen LogP contribution in [-0.4, -0.2) is 13.2 Å². The van der Waals surface area contributed by atoms with Crippen LogP contribution < -0.4 is 0 Å². The van der Waals surface area contributed by atoms with Crippen LogP contribution in [-0.2, 0) is 22.7 Å².